The molecular weight excluding hydrogens is 200 g/mol. The fourth-order valence-corrected chi connectivity index (χ4v) is 3.04. The molecule has 1 aliphatic carbocycles. The average Bonchev–Trinajstić information content (AvgIpc) is 2.56. The van der Waals surface area contributed by atoms with Crippen LogP contribution in [-0.4, -0.2) is 18.8 Å². The average molecular weight is 228 g/mol. The summed E-state index contributed by atoms with van der Waals surface area (Å²) in [4.78, 5) is 0. The van der Waals surface area contributed by atoms with Gasteiger partial charge in [-0.15, -0.1) is 0 Å². The zero-order valence-electron chi connectivity index (χ0n) is 11.1. The lowest BCUT2D eigenvalue weighted by molar-refractivity contribution is -0.0666. The Kier molecular flexibility index (Phi) is 5.73. The summed E-state index contributed by atoms with van der Waals surface area (Å²) in [6.45, 7) is 4.48. The van der Waals surface area contributed by atoms with Crippen LogP contribution >= 0.6 is 0 Å². The van der Waals surface area contributed by atoms with E-state index in [1.54, 1.807) is 0 Å². The summed E-state index contributed by atoms with van der Waals surface area (Å²) in [5, 5.41) is 0. The van der Waals surface area contributed by atoms with Crippen molar-refractivity contribution in [2.45, 2.75) is 70.4 Å². The van der Waals surface area contributed by atoms with E-state index in [1.807, 2.05) is 7.11 Å². The van der Waals surface area contributed by atoms with Gasteiger partial charge in [0, 0.05) is 7.11 Å². The molecule has 1 saturated carbocycles. The van der Waals surface area contributed by atoms with Crippen LogP contribution < -0.4 is 11.3 Å². The topological polar surface area (TPSA) is 47.3 Å². The number of rotatable bonds is 5. The van der Waals surface area contributed by atoms with Crippen LogP contribution in [0.3, 0.4) is 0 Å². The van der Waals surface area contributed by atoms with E-state index in [2.05, 4.69) is 19.3 Å². The highest BCUT2D eigenvalue weighted by Crippen LogP contribution is 2.36. The summed E-state index contributed by atoms with van der Waals surface area (Å²) in [6.07, 6.45) is 8.63. The normalized spacial score (nSPS) is 24.8. The summed E-state index contributed by atoms with van der Waals surface area (Å²) in [6, 6.07) is 0.278. The number of ether oxygens (including phenoxy) is 1. The van der Waals surface area contributed by atoms with E-state index < -0.39 is 0 Å². The molecule has 0 heterocycles. The van der Waals surface area contributed by atoms with E-state index in [4.69, 9.17) is 10.6 Å². The van der Waals surface area contributed by atoms with Gasteiger partial charge in [0.2, 0.25) is 0 Å². The molecule has 2 unspecified atom stereocenters. The molecule has 2 atom stereocenters. The third kappa shape index (κ3) is 2.96. The first-order valence-electron chi connectivity index (χ1n) is 6.71. The Hall–Kier alpha value is -0.120. The molecule has 1 aliphatic rings. The molecule has 0 bridgehead atoms. The second-order valence-electron chi connectivity index (χ2n) is 5.21. The highest BCUT2D eigenvalue weighted by Gasteiger charge is 2.40. The van der Waals surface area contributed by atoms with Crippen molar-refractivity contribution in [3.05, 3.63) is 0 Å². The van der Waals surface area contributed by atoms with Crippen molar-refractivity contribution in [2.24, 2.45) is 11.8 Å². The molecule has 0 amide bonds. The van der Waals surface area contributed by atoms with Crippen molar-refractivity contribution in [2.75, 3.05) is 7.11 Å². The van der Waals surface area contributed by atoms with Gasteiger partial charge in [-0.1, -0.05) is 46.0 Å². The molecule has 0 saturated heterocycles. The Labute approximate surface area is 100 Å². The maximum Gasteiger partial charge on any atom is 0.0846 e. The minimum atomic E-state index is -0.0410. The lowest BCUT2D eigenvalue weighted by Crippen LogP contribution is -2.57. The van der Waals surface area contributed by atoms with Crippen molar-refractivity contribution in [1.29, 1.82) is 0 Å². The van der Waals surface area contributed by atoms with Crippen molar-refractivity contribution in [3.63, 3.8) is 0 Å². The molecule has 1 fully saturated rings. The van der Waals surface area contributed by atoms with Crippen LogP contribution in [0.5, 0.6) is 0 Å². The highest BCUT2D eigenvalue weighted by molar-refractivity contribution is 4.95. The van der Waals surface area contributed by atoms with E-state index >= 15 is 0 Å². The lowest BCUT2D eigenvalue weighted by atomic mass is 9.79. The van der Waals surface area contributed by atoms with Crippen LogP contribution in [0, 0.1) is 5.92 Å². The van der Waals surface area contributed by atoms with Crippen LogP contribution in [0.1, 0.15) is 58.8 Å². The van der Waals surface area contributed by atoms with Crippen molar-refractivity contribution >= 4 is 0 Å². The lowest BCUT2D eigenvalue weighted by Gasteiger charge is -2.41. The van der Waals surface area contributed by atoms with E-state index in [0.29, 0.717) is 5.92 Å². The predicted molar refractivity (Wildman–Crippen MR) is 68.0 cm³/mol. The van der Waals surface area contributed by atoms with E-state index in [-0.39, 0.29) is 11.6 Å². The fourth-order valence-electron chi connectivity index (χ4n) is 3.04. The smallest absolute Gasteiger partial charge is 0.0846 e. The van der Waals surface area contributed by atoms with Gasteiger partial charge >= 0.3 is 0 Å². The Bertz CT molecular complexity index is 188. The van der Waals surface area contributed by atoms with Gasteiger partial charge in [-0.2, -0.15) is 0 Å². The van der Waals surface area contributed by atoms with Crippen LogP contribution in [0.15, 0.2) is 0 Å². The SMILES string of the molecule is CCC(C)C(NN)C1(OC)CCCCCC1. The summed E-state index contributed by atoms with van der Waals surface area (Å²) >= 11 is 0. The Balaban J connectivity index is 2.81. The second kappa shape index (κ2) is 6.58. The molecule has 0 aliphatic heterocycles. The molecule has 96 valence electrons. The van der Waals surface area contributed by atoms with Crippen LogP contribution in [0.4, 0.5) is 0 Å². The van der Waals surface area contributed by atoms with Gasteiger partial charge in [-0.3, -0.25) is 11.3 Å². The van der Waals surface area contributed by atoms with E-state index in [0.717, 1.165) is 19.3 Å². The molecule has 1 rings (SSSR count). The predicted octanol–water partition coefficient (Wildman–Crippen LogP) is 2.60. The van der Waals surface area contributed by atoms with Gasteiger partial charge < -0.3 is 4.74 Å². The number of hydrogen-bond donors (Lipinski definition) is 2. The monoisotopic (exact) mass is 228 g/mol. The molecule has 0 spiro atoms. The number of nitrogens with one attached hydrogen (secondary N) is 1. The van der Waals surface area contributed by atoms with Crippen LogP contribution in [-0.2, 0) is 4.74 Å². The molecule has 0 radical (unpaired) electrons. The molecule has 16 heavy (non-hydrogen) atoms. The number of hydrazine groups is 1. The molecule has 3 nitrogen and oxygen atoms in total. The Morgan fingerprint density at radius 3 is 2.19 bits per heavy atom. The first-order valence-corrected chi connectivity index (χ1v) is 6.71. The Morgan fingerprint density at radius 2 is 1.81 bits per heavy atom. The van der Waals surface area contributed by atoms with Gasteiger partial charge in [0.05, 0.1) is 11.6 Å². The second-order valence-corrected chi connectivity index (χ2v) is 5.21. The number of nitrogens with two attached hydrogens (primary N) is 1. The summed E-state index contributed by atoms with van der Waals surface area (Å²) < 4.78 is 5.89. The standard InChI is InChI=1S/C13H28N2O/c1-4-11(2)12(15-14)13(16-3)9-7-5-6-8-10-13/h11-12,15H,4-10,14H2,1-3H3. The largest absolute Gasteiger partial charge is 0.377 e. The molecule has 3 N–H and O–H groups in total. The van der Waals surface area contributed by atoms with Crippen molar-refractivity contribution in [1.82, 2.24) is 5.43 Å². The minimum absolute atomic E-state index is 0.0410. The molecular formula is C13H28N2O. The maximum absolute atomic E-state index is 5.89. The quantitative estimate of drug-likeness (QED) is 0.432. The summed E-state index contributed by atoms with van der Waals surface area (Å²) in [5.74, 6) is 6.32. The molecule has 0 aromatic carbocycles. The first kappa shape index (κ1) is 13.9. The van der Waals surface area contributed by atoms with E-state index in [9.17, 15) is 0 Å². The van der Waals surface area contributed by atoms with Gasteiger partial charge in [0.15, 0.2) is 0 Å². The van der Waals surface area contributed by atoms with Crippen LogP contribution in [0.2, 0.25) is 0 Å². The third-order valence-electron chi connectivity index (χ3n) is 4.32. The zero-order valence-corrected chi connectivity index (χ0v) is 11.1. The van der Waals surface area contributed by atoms with Crippen molar-refractivity contribution in [3.8, 4) is 0 Å². The summed E-state index contributed by atoms with van der Waals surface area (Å²) in [7, 11) is 1.85. The Morgan fingerprint density at radius 1 is 1.25 bits per heavy atom. The van der Waals surface area contributed by atoms with Gasteiger partial charge in [-0.25, -0.2) is 0 Å². The van der Waals surface area contributed by atoms with Gasteiger partial charge in [0.25, 0.3) is 0 Å². The van der Waals surface area contributed by atoms with E-state index in [1.165, 1.54) is 25.7 Å². The third-order valence-corrected chi connectivity index (χ3v) is 4.32. The first-order chi connectivity index (χ1) is 7.70. The van der Waals surface area contributed by atoms with Crippen LogP contribution in [0.25, 0.3) is 0 Å². The maximum atomic E-state index is 5.89. The molecule has 3 heteroatoms. The highest BCUT2D eigenvalue weighted by atomic mass is 16.5. The van der Waals surface area contributed by atoms with Gasteiger partial charge in [0.1, 0.15) is 0 Å². The van der Waals surface area contributed by atoms with Crippen molar-refractivity contribution < 1.29 is 4.74 Å². The fraction of sp³-hybridized carbons (Fsp3) is 1.00. The molecule has 0 aromatic rings. The minimum Gasteiger partial charge on any atom is -0.377 e. The molecule has 0 aromatic heterocycles. The number of methoxy groups -OCH3 is 1. The summed E-state index contributed by atoms with van der Waals surface area (Å²) in [5.41, 5.74) is 2.98. The number of hydrogen-bond acceptors (Lipinski definition) is 3. The van der Waals surface area contributed by atoms with Gasteiger partial charge in [-0.05, 0) is 18.8 Å². The zero-order chi connectivity index (χ0) is 12.0.